The monoisotopic (exact) mass is 427 g/mol. The Balaban J connectivity index is 1.20. The maximum absolute atomic E-state index is 12.9. The summed E-state index contributed by atoms with van der Waals surface area (Å²) in [5.41, 5.74) is 3.98. The van der Waals surface area contributed by atoms with E-state index in [1.165, 1.54) is 5.39 Å². The van der Waals surface area contributed by atoms with Gasteiger partial charge in [-0.25, -0.2) is 0 Å². The Labute approximate surface area is 188 Å². The largest absolute Gasteiger partial charge is 0.355 e. The highest BCUT2D eigenvalue weighted by Gasteiger charge is 2.30. The molecule has 1 fully saturated rings. The second kappa shape index (κ2) is 9.03. The first-order valence-corrected chi connectivity index (χ1v) is 11.6. The minimum Gasteiger partial charge on any atom is -0.355 e. The number of aromatic nitrogens is 1. The number of H-pyrrole nitrogens is 1. The van der Waals surface area contributed by atoms with Crippen LogP contribution in [0.2, 0.25) is 0 Å². The number of likely N-dealkylation sites (tertiary alicyclic amines) is 1. The van der Waals surface area contributed by atoms with Gasteiger partial charge >= 0.3 is 0 Å². The van der Waals surface area contributed by atoms with Crippen molar-refractivity contribution >= 4 is 28.4 Å². The minimum atomic E-state index is -0.0537. The van der Waals surface area contributed by atoms with Gasteiger partial charge in [-0.15, -0.1) is 0 Å². The van der Waals surface area contributed by atoms with Crippen LogP contribution in [-0.4, -0.2) is 34.8 Å². The third-order valence-corrected chi connectivity index (χ3v) is 6.77. The zero-order valence-corrected chi connectivity index (χ0v) is 18.2. The quantitative estimate of drug-likeness (QED) is 0.550. The lowest BCUT2D eigenvalue weighted by atomic mass is 9.90. The fourth-order valence-corrected chi connectivity index (χ4v) is 4.88. The number of carbonyl (C=O) groups excluding carboxylic acids is 2. The Hall–Kier alpha value is -3.34. The molecule has 1 aliphatic heterocycles. The average Bonchev–Trinajstić information content (AvgIpc) is 3.29. The van der Waals surface area contributed by atoms with E-state index in [-0.39, 0.29) is 23.7 Å². The first-order chi connectivity index (χ1) is 15.7. The number of carbonyl (C=O) groups is 2. The molecule has 32 heavy (non-hydrogen) atoms. The van der Waals surface area contributed by atoms with Crippen molar-refractivity contribution in [2.24, 2.45) is 11.8 Å². The van der Waals surface area contributed by atoms with Gasteiger partial charge in [0.1, 0.15) is 0 Å². The molecule has 5 nitrogen and oxygen atoms in total. The van der Waals surface area contributed by atoms with E-state index in [2.05, 4.69) is 40.7 Å². The van der Waals surface area contributed by atoms with Crippen molar-refractivity contribution in [3.05, 3.63) is 66.7 Å². The first kappa shape index (κ1) is 20.6. The van der Waals surface area contributed by atoms with Crippen LogP contribution in [0.5, 0.6) is 0 Å². The molecule has 0 spiro atoms. The van der Waals surface area contributed by atoms with Crippen LogP contribution in [-0.2, 0) is 9.59 Å². The Bertz CT molecular complexity index is 1120. The third kappa shape index (κ3) is 4.33. The summed E-state index contributed by atoms with van der Waals surface area (Å²) in [6.07, 6.45) is 8.52. The van der Waals surface area contributed by atoms with Crippen LogP contribution in [0, 0.1) is 11.8 Å². The molecule has 0 saturated carbocycles. The SMILES string of the molecule is O=C(Nc1cccc(-c2cc3ccccc3[nH]2)c1)C1CCN(C(=O)C2CC=CCC2)CC1. The number of allylic oxidation sites excluding steroid dienone is 2. The summed E-state index contributed by atoms with van der Waals surface area (Å²) in [7, 11) is 0. The summed E-state index contributed by atoms with van der Waals surface area (Å²) in [6, 6.07) is 18.3. The molecule has 2 aliphatic rings. The fraction of sp³-hybridized carbons (Fsp3) is 0.333. The number of nitrogens with zero attached hydrogens (tertiary/aromatic N) is 1. The highest BCUT2D eigenvalue weighted by molar-refractivity contribution is 5.94. The second-order valence-electron chi connectivity index (χ2n) is 8.92. The Morgan fingerprint density at radius 1 is 0.906 bits per heavy atom. The second-order valence-corrected chi connectivity index (χ2v) is 8.92. The maximum atomic E-state index is 12.9. The van der Waals surface area contributed by atoms with Crippen molar-refractivity contribution in [1.29, 1.82) is 0 Å². The van der Waals surface area contributed by atoms with E-state index in [1.807, 2.05) is 41.3 Å². The molecular formula is C27H29N3O2. The lowest BCUT2D eigenvalue weighted by Crippen LogP contribution is -2.44. The van der Waals surface area contributed by atoms with Gasteiger partial charge in [-0.1, -0.05) is 42.5 Å². The number of piperidine rings is 1. The van der Waals surface area contributed by atoms with Crippen molar-refractivity contribution in [3.8, 4) is 11.3 Å². The molecule has 1 saturated heterocycles. The summed E-state index contributed by atoms with van der Waals surface area (Å²) in [5.74, 6) is 0.380. The summed E-state index contributed by atoms with van der Waals surface area (Å²) in [5, 5.41) is 4.27. The van der Waals surface area contributed by atoms with E-state index in [9.17, 15) is 9.59 Å². The topological polar surface area (TPSA) is 65.2 Å². The molecule has 1 aliphatic carbocycles. The van der Waals surface area contributed by atoms with E-state index in [0.717, 1.165) is 54.6 Å². The normalized spacial score (nSPS) is 19.2. The van der Waals surface area contributed by atoms with Gasteiger partial charge in [0.2, 0.25) is 11.8 Å². The van der Waals surface area contributed by atoms with Crippen LogP contribution in [0.15, 0.2) is 66.7 Å². The fourth-order valence-electron chi connectivity index (χ4n) is 4.88. The van der Waals surface area contributed by atoms with Gasteiger partial charge in [-0.2, -0.15) is 0 Å². The lowest BCUT2D eigenvalue weighted by Gasteiger charge is -2.34. The molecule has 164 valence electrons. The standard InChI is InChI=1S/C27H29N3O2/c31-26(19-13-15-30(16-14-19)27(32)20-7-2-1-3-8-20)28-23-11-6-10-21(17-23)25-18-22-9-4-5-12-24(22)29-25/h1-2,4-6,9-12,17-20,29H,3,7-8,13-16H2,(H,28,31). The summed E-state index contributed by atoms with van der Waals surface area (Å²) < 4.78 is 0. The van der Waals surface area contributed by atoms with E-state index in [0.29, 0.717) is 13.1 Å². The Kier molecular flexibility index (Phi) is 5.80. The molecule has 2 amide bonds. The number of para-hydroxylation sites is 1. The number of aromatic amines is 1. The van der Waals surface area contributed by atoms with E-state index in [4.69, 9.17) is 0 Å². The van der Waals surface area contributed by atoms with Gasteiger partial charge in [0, 0.05) is 52.8 Å². The summed E-state index contributed by atoms with van der Waals surface area (Å²) >= 11 is 0. The number of amides is 2. The smallest absolute Gasteiger partial charge is 0.227 e. The van der Waals surface area contributed by atoms with Gasteiger partial charge in [0.15, 0.2) is 0 Å². The molecule has 0 radical (unpaired) electrons. The average molecular weight is 428 g/mol. The lowest BCUT2D eigenvalue weighted by molar-refractivity contribution is -0.138. The number of nitrogens with one attached hydrogen (secondary N) is 2. The summed E-state index contributed by atoms with van der Waals surface area (Å²) in [6.45, 7) is 1.35. The van der Waals surface area contributed by atoms with Gasteiger partial charge in [0.05, 0.1) is 0 Å². The van der Waals surface area contributed by atoms with E-state index < -0.39 is 0 Å². The van der Waals surface area contributed by atoms with Crippen molar-refractivity contribution in [1.82, 2.24) is 9.88 Å². The molecule has 3 aromatic rings. The molecule has 2 aromatic carbocycles. The third-order valence-electron chi connectivity index (χ3n) is 6.77. The van der Waals surface area contributed by atoms with Crippen LogP contribution in [0.1, 0.15) is 32.1 Å². The maximum Gasteiger partial charge on any atom is 0.227 e. The Morgan fingerprint density at radius 3 is 2.53 bits per heavy atom. The molecule has 2 heterocycles. The highest BCUT2D eigenvalue weighted by atomic mass is 16.2. The van der Waals surface area contributed by atoms with Crippen LogP contribution in [0.3, 0.4) is 0 Å². The van der Waals surface area contributed by atoms with Crippen molar-refractivity contribution in [2.45, 2.75) is 32.1 Å². The van der Waals surface area contributed by atoms with Gasteiger partial charge in [0.25, 0.3) is 0 Å². The number of benzene rings is 2. The molecule has 0 bridgehead atoms. The predicted molar refractivity (Wildman–Crippen MR) is 128 cm³/mol. The van der Waals surface area contributed by atoms with Crippen molar-refractivity contribution < 1.29 is 9.59 Å². The predicted octanol–water partition coefficient (Wildman–Crippen LogP) is 5.37. The van der Waals surface area contributed by atoms with E-state index >= 15 is 0 Å². The summed E-state index contributed by atoms with van der Waals surface area (Å²) in [4.78, 5) is 31.1. The molecule has 1 atom stereocenters. The number of fused-ring (bicyclic) bond motifs is 1. The molecule has 2 N–H and O–H groups in total. The van der Waals surface area contributed by atoms with Crippen molar-refractivity contribution in [2.75, 3.05) is 18.4 Å². The molecule has 5 rings (SSSR count). The number of anilines is 1. The first-order valence-electron chi connectivity index (χ1n) is 11.6. The number of hydrogen-bond acceptors (Lipinski definition) is 2. The van der Waals surface area contributed by atoms with Crippen LogP contribution in [0.25, 0.3) is 22.2 Å². The zero-order valence-electron chi connectivity index (χ0n) is 18.2. The van der Waals surface area contributed by atoms with Crippen LogP contribution < -0.4 is 5.32 Å². The van der Waals surface area contributed by atoms with Crippen molar-refractivity contribution in [3.63, 3.8) is 0 Å². The van der Waals surface area contributed by atoms with Gasteiger partial charge in [-0.05, 0) is 56.4 Å². The van der Waals surface area contributed by atoms with Gasteiger partial charge in [-0.3, -0.25) is 9.59 Å². The van der Waals surface area contributed by atoms with Crippen LogP contribution in [0.4, 0.5) is 5.69 Å². The van der Waals surface area contributed by atoms with Gasteiger partial charge < -0.3 is 15.2 Å². The molecule has 5 heteroatoms. The molecular weight excluding hydrogens is 398 g/mol. The Morgan fingerprint density at radius 2 is 1.75 bits per heavy atom. The molecule has 1 unspecified atom stereocenters. The van der Waals surface area contributed by atoms with Crippen LogP contribution >= 0.6 is 0 Å². The minimum absolute atomic E-state index is 0.0477. The number of rotatable bonds is 4. The number of hydrogen-bond donors (Lipinski definition) is 2. The van der Waals surface area contributed by atoms with E-state index in [1.54, 1.807) is 0 Å². The zero-order chi connectivity index (χ0) is 21.9. The highest BCUT2D eigenvalue weighted by Crippen LogP contribution is 2.28. The molecule has 1 aromatic heterocycles.